The Morgan fingerprint density at radius 2 is 1.92 bits per heavy atom. The number of ether oxygens (including phenoxy) is 3. The second kappa shape index (κ2) is 14.2. The first-order chi connectivity index (χ1) is 17.5. The molecule has 0 spiro atoms. The van der Waals surface area contributed by atoms with Crippen LogP contribution in [0.3, 0.4) is 0 Å². The molecule has 0 saturated carbocycles. The van der Waals surface area contributed by atoms with E-state index in [1.54, 1.807) is 0 Å². The van der Waals surface area contributed by atoms with E-state index in [1.165, 1.54) is 0 Å². The van der Waals surface area contributed by atoms with Gasteiger partial charge in [0.25, 0.3) is 0 Å². The Hall–Kier alpha value is -2.61. The van der Waals surface area contributed by atoms with E-state index in [4.69, 9.17) is 30.8 Å². The zero-order chi connectivity index (χ0) is 25.9. The number of piperazine rings is 1. The molecular weight excluding hydrogens is 478 g/mol. The van der Waals surface area contributed by atoms with Crippen LogP contribution in [0.25, 0.3) is 0 Å². The number of nitrogens with zero attached hydrogens (tertiary/aromatic N) is 2. The minimum Gasteiger partial charge on any atom is -0.462 e. The summed E-state index contributed by atoms with van der Waals surface area (Å²) in [7, 11) is 0. The van der Waals surface area contributed by atoms with Crippen LogP contribution in [0.15, 0.2) is 47.5 Å². The number of amidine groups is 1. The third kappa shape index (κ3) is 7.69. The number of fused-ring (bicyclic) bond motifs is 2. The number of aliphatic imine (C=N–C) groups is 1. The second-order valence-corrected chi connectivity index (χ2v) is 9.04. The maximum Gasteiger partial charge on any atom is 0.305 e. The molecule has 0 bridgehead atoms. The Balaban J connectivity index is 0.000000235. The average molecular weight is 516 g/mol. The number of esters is 1. The van der Waals surface area contributed by atoms with E-state index in [-0.39, 0.29) is 12.1 Å². The molecule has 2 aromatic rings. The molecule has 1 unspecified atom stereocenters. The number of nitrogens with one attached hydrogen (secondary N) is 1. The summed E-state index contributed by atoms with van der Waals surface area (Å²) in [5.41, 5.74) is 1.80. The molecule has 0 radical (unpaired) electrons. The third-order valence-electron chi connectivity index (χ3n) is 5.92. The van der Waals surface area contributed by atoms with Gasteiger partial charge in [-0.05, 0) is 37.3 Å². The molecule has 2 saturated heterocycles. The molecule has 196 valence electrons. The summed E-state index contributed by atoms with van der Waals surface area (Å²) in [6.45, 7) is 12.2. The summed E-state index contributed by atoms with van der Waals surface area (Å²) in [6, 6.07) is 14.0. The van der Waals surface area contributed by atoms with E-state index in [0.29, 0.717) is 17.5 Å². The van der Waals surface area contributed by atoms with E-state index >= 15 is 0 Å². The van der Waals surface area contributed by atoms with Gasteiger partial charge < -0.3 is 24.4 Å². The standard InChI is InChI=1S/C18H18ClN3O.C8H14O3.C2H6/c1-12-11-22(9-8-20-12)18-14-4-2-3-5-16(14)23-17-7-6-13(19)10-15(17)21-18;1-2-8(9)11-7-3-5-10-6-4-7;1-2/h2-7,10,12,20H,8-9,11H2,1H3;7H,2-6H2,1H3;1-2H3. The van der Waals surface area contributed by atoms with Crippen LogP contribution in [0.4, 0.5) is 5.69 Å². The van der Waals surface area contributed by atoms with Crippen molar-refractivity contribution >= 4 is 29.1 Å². The van der Waals surface area contributed by atoms with Gasteiger partial charge in [0.1, 0.15) is 23.4 Å². The number of para-hydroxylation sites is 1. The third-order valence-corrected chi connectivity index (χ3v) is 6.15. The summed E-state index contributed by atoms with van der Waals surface area (Å²) in [4.78, 5) is 18.0. The van der Waals surface area contributed by atoms with Crippen molar-refractivity contribution in [1.82, 2.24) is 10.2 Å². The smallest absolute Gasteiger partial charge is 0.305 e. The molecule has 2 aromatic carbocycles. The SMILES string of the molecule is CC.CC1CN(C2=Nc3cc(Cl)ccc3Oc3ccccc32)CCN1.CCC(=O)OC1CCOCC1. The number of halogens is 1. The highest BCUT2D eigenvalue weighted by Gasteiger charge is 2.25. The van der Waals surface area contributed by atoms with Crippen molar-refractivity contribution in [2.24, 2.45) is 4.99 Å². The predicted octanol–water partition coefficient (Wildman–Crippen LogP) is 5.96. The maximum atomic E-state index is 10.8. The number of benzene rings is 2. The van der Waals surface area contributed by atoms with Gasteiger partial charge in [-0.25, -0.2) is 4.99 Å². The molecule has 0 aromatic heterocycles. The first kappa shape index (κ1) is 28.0. The average Bonchev–Trinajstić information content (AvgIpc) is 3.07. The Bertz CT molecular complexity index is 1020. The summed E-state index contributed by atoms with van der Waals surface area (Å²) >= 11 is 6.15. The molecule has 2 fully saturated rings. The molecule has 36 heavy (non-hydrogen) atoms. The highest BCUT2D eigenvalue weighted by atomic mass is 35.5. The molecule has 3 heterocycles. The molecule has 7 nitrogen and oxygen atoms in total. The van der Waals surface area contributed by atoms with Crippen molar-refractivity contribution in [2.45, 2.75) is 59.1 Å². The Kier molecular flexibility index (Phi) is 11.0. The van der Waals surface area contributed by atoms with Crippen LogP contribution in [-0.4, -0.2) is 61.7 Å². The van der Waals surface area contributed by atoms with Crippen LogP contribution in [0.2, 0.25) is 5.02 Å². The van der Waals surface area contributed by atoms with Gasteiger partial charge in [-0.3, -0.25) is 4.79 Å². The van der Waals surface area contributed by atoms with Crippen molar-refractivity contribution in [3.05, 3.63) is 53.1 Å². The van der Waals surface area contributed by atoms with E-state index < -0.39 is 0 Å². The van der Waals surface area contributed by atoms with Crippen molar-refractivity contribution in [3.8, 4) is 11.5 Å². The van der Waals surface area contributed by atoms with Gasteiger partial charge in [0, 0.05) is 50.0 Å². The van der Waals surface area contributed by atoms with E-state index in [9.17, 15) is 4.79 Å². The molecule has 1 N–H and O–H groups in total. The van der Waals surface area contributed by atoms with Crippen LogP contribution >= 0.6 is 11.6 Å². The number of hydrogen-bond donors (Lipinski definition) is 1. The molecule has 3 aliphatic rings. The lowest BCUT2D eigenvalue weighted by Gasteiger charge is -2.34. The van der Waals surface area contributed by atoms with Crippen molar-refractivity contribution in [2.75, 3.05) is 32.8 Å². The van der Waals surface area contributed by atoms with Gasteiger partial charge in [-0.15, -0.1) is 0 Å². The lowest BCUT2D eigenvalue weighted by molar-refractivity contribution is -0.152. The van der Waals surface area contributed by atoms with Crippen LogP contribution in [0.5, 0.6) is 11.5 Å². The summed E-state index contributed by atoms with van der Waals surface area (Å²) in [6.07, 6.45) is 2.28. The van der Waals surface area contributed by atoms with Crippen molar-refractivity contribution in [1.29, 1.82) is 0 Å². The number of carbonyl (C=O) groups excluding carboxylic acids is 1. The maximum absolute atomic E-state index is 10.8. The molecular formula is C28H38ClN3O4. The normalized spacial score (nSPS) is 19.0. The molecule has 3 aliphatic heterocycles. The van der Waals surface area contributed by atoms with E-state index in [0.717, 1.165) is 74.3 Å². The fraction of sp³-hybridized carbons (Fsp3) is 0.500. The first-order valence-electron chi connectivity index (χ1n) is 12.9. The van der Waals surface area contributed by atoms with Crippen LogP contribution in [-0.2, 0) is 14.3 Å². The first-order valence-corrected chi connectivity index (χ1v) is 13.3. The van der Waals surface area contributed by atoms with Gasteiger partial charge in [-0.2, -0.15) is 0 Å². The monoisotopic (exact) mass is 515 g/mol. The van der Waals surface area contributed by atoms with Crippen molar-refractivity contribution < 1.29 is 19.0 Å². The number of rotatable bonds is 2. The Labute approximate surface area is 219 Å². The fourth-order valence-corrected chi connectivity index (χ4v) is 4.29. The van der Waals surface area contributed by atoms with Crippen LogP contribution in [0, 0.1) is 0 Å². The van der Waals surface area contributed by atoms with Gasteiger partial charge >= 0.3 is 5.97 Å². The van der Waals surface area contributed by atoms with Gasteiger partial charge in [0.2, 0.25) is 0 Å². The zero-order valence-electron chi connectivity index (χ0n) is 21.8. The van der Waals surface area contributed by atoms with E-state index in [2.05, 4.69) is 23.2 Å². The lowest BCUT2D eigenvalue weighted by atomic mass is 10.1. The summed E-state index contributed by atoms with van der Waals surface area (Å²) in [5.74, 6) is 2.42. The van der Waals surface area contributed by atoms with E-state index in [1.807, 2.05) is 57.2 Å². The van der Waals surface area contributed by atoms with Crippen LogP contribution < -0.4 is 10.1 Å². The molecule has 5 rings (SSSR count). The lowest BCUT2D eigenvalue weighted by Crippen LogP contribution is -2.51. The quantitative estimate of drug-likeness (QED) is 0.497. The Morgan fingerprint density at radius 3 is 2.64 bits per heavy atom. The zero-order valence-corrected chi connectivity index (χ0v) is 22.5. The molecule has 0 amide bonds. The van der Waals surface area contributed by atoms with Gasteiger partial charge in [0.15, 0.2) is 5.75 Å². The minimum atomic E-state index is -0.100. The minimum absolute atomic E-state index is 0.100. The predicted molar refractivity (Wildman–Crippen MR) is 145 cm³/mol. The van der Waals surface area contributed by atoms with Gasteiger partial charge in [0.05, 0.1) is 18.8 Å². The highest BCUT2D eigenvalue weighted by molar-refractivity contribution is 6.31. The van der Waals surface area contributed by atoms with Crippen LogP contribution in [0.1, 0.15) is 52.5 Å². The largest absolute Gasteiger partial charge is 0.462 e. The number of carbonyl (C=O) groups is 1. The fourth-order valence-electron chi connectivity index (χ4n) is 4.13. The van der Waals surface area contributed by atoms with Crippen molar-refractivity contribution in [3.63, 3.8) is 0 Å². The van der Waals surface area contributed by atoms with Gasteiger partial charge in [-0.1, -0.05) is 44.5 Å². The Morgan fingerprint density at radius 1 is 1.17 bits per heavy atom. The highest BCUT2D eigenvalue weighted by Crippen LogP contribution is 2.39. The summed E-state index contributed by atoms with van der Waals surface area (Å²) in [5, 5.41) is 4.13. The summed E-state index contributed by atoms with van der Waals surface area (Å²) < 4.78 is 16.3. The topological polar surface area (TPSA) is 72.4 Å². The molecule has 8 heteroatoms. The second-order valence-electron chi connectivity index (χ2n) is 8.60. The molecule has 1 atom stereocenters. The number of hydrogen-bond acceptors (Lipinski definition) is 7. The molecule has 0 aliphatic carbocycles.